The lowest BCUT2D eigenvalue weighted by Crippen LogP contribution is -2.47. The monoisotopic (exact) mass is 284 g/mol. The van der Waals surface area contributed by atoms with Gasteiger partial charge < -0.3 is 20.1 Å². The third-order valence-electron chi connectivity index (χ3n) is 4.28. The van der Waals surface area contributed by atoms with Crippen LogP contribution in [0.4, 0.5) is 0 Å². The molecule has 2 bridgehead atoms. The molecule has 1 amide bonds. The van der Waals surface area contributed by atoms with E-state index in [1.165, 1.54) is 0 Å². The average Bonchev–Trinajstić information content (AvgIpc) is 3.02. The van der Waals surface area contributed by atoms with Crippen LogP contribution in [0.2, 0.25) is 0 Å². The summed E-state index contributed by atoms with van der Waals surface area (Å²) < 4.78 is 5.67. The Balaban J connectivity index is 2.10. The van der Waals surface area contributed by atoms with E-state index < -0.39 is 17.8 Å². The smallest absolute Gasteiger partial charge is 0.310 e. The second kappa shape index (κ2) is 6.54. The van der Waals surface area contributed by atoms with Crippen LogP contribution in [0.1, 0.15) is 26.2 Å². The van der Waals surface area contributed by atoms with Crippen LogP contribution in [-0.2, 0) is 14.3 Å². The average molecular weight is 284 g/mol. The van der Waals surface area contributed by atoms with Gasteiger partial charge in [0.05, 0.1) is 24.0 Å². The molecule has 2 rings (SSSR count). The third-order valence-corrected chi connectivity index (χ3v) is 4.28. The van der Waals surface area contributed by atoms with Gasteiger partial charge in [0.2, 0.25) is 5.91 Å². The van der Waals surface area contributed by atoms with Crippen molar-refractivity contribution < 1.29 is 19.4 Å². The van der Waals surface area contributed by atoms with E-state index in [0.29, 0.717) is 19.6 Å². The van der Waals surface area contributed by atoms with Gasteiger partial charge in [0.1, 0.15) is 0 Å². The number of hydrogen-bond donors (Lipinski definition) is 2. The van der Waals surface area contributed by atoms with E-state index in [0.717, 1.165) is 19.3 Å². The van der Waals surface area contributed by atoms with Crippen molar-refractivity contribution in [2.24, 2.45) is 11.8 Å². The summed E-state index contributed by atoms with van der Waals surface area (Å²) in [6, 6.07) is 0. The van der Waals surface area contributed by atoms with Crippen LogP contribution >= 0.6 is 0 Å². The maximum atomic E-state index is 12.7. The Morgan fingerprint density at radius 2 is 1.90 bits per heavy atom. The Labute approximate surface area is 119 Å². The summed E-state index contributed by atoms with van der Waals surface area (Å²) in [5.41, 5.74) is 0. The van der Waals surface area contributed by atoms with E-state index in [4.69, 9.17) is 4.74 Å². The second-order valence-corrected chi connectivity index (χ2v) is 5.61. The molecule has 0 aromatic heterocycles. The van der Waals surface area contributed by atoms with Gasteiger partial charge in [0.15, 0.2) is 0 Å². The van der Waals surface area contributed by atoms with Gasteiger partial charge in [-0.05, 0) is 26.3 Å². The quantitative estimate of drug-likeness (QED) is 0.704. The number of carboxylic acids is 1. The Morgan fingerprint density at radius 3 is 2.45 bits per heavy atom. The molecule has 2 N–H and O–H groups in total. The molecule has 6 nitrogen and oxygen atoms in total. The molecule has 0 aromatic rings. The molecule has 0 aliphatic carbocycles. The van der Waals surface area contributed by atoms with Gasteiger partial charge in [-0.3, -0.25) is 9.59 Å². The number of carbonyl (C=O) groups is 2. The molecule has 2 unspecified atom stereocenters. The Morgan fingerprint density at radius 1 is 1.25 bits per heavy atom. The summed E-state index contributed by atoms with van der Waals surface area (Å²) in [6.45, 7) is 4.01. The fourth-order valence-electron chi connectivity index (χ4n) is 3.36. The number of carbonyl (C=O) groups excluding carboxylic acids is 1. The van der Waals surface area contributed by atoms with E-state index in [-0.39, 0.29) is 18.1 Å². The van der Waals surface area contributed by atoms with Crippen molar-refractivity contribution in [2.45, 2.75) is 38.4 Å². The van der Waals surface area contributed by atoms with Crippen LogP contribution in [0.3, 0.4) is 0 Å². The fourth-order valence-corrected chi connectivity index (χ4v) is 3.36. The number of ether oxygens (including phenoxy) is 1. The highest BCUT2D eigenvalue weighted by molar-refractivity contribution is 5.86. The molecule has 0 saturated carbocycles. The molecular weight excluding hydrogens is 260 g/mol. The predicted octanol–water partition coefficient (Wildman–Crippen LogP) is 0.323. The van der Waals surface area contributed by atoms with E-state index in [9.17, 15) is 14.7 Å². The van der Waals surface area contributed by atoms with Crippen molar-refractivity contribution >= 4 is 11.9 Å². The van der Waals surface area contributed by atoms with Gasteiger partial charge in [-0.25, -0.2) is 0 Å². The van der Waals surface area contributed by atoms with Crippen LogP contribution in [0.5, 0.6) is 0 Å². The van der Waals surface area contributed by atoms with Crippen LogP contribution in [0.15, 0.2) is 0 Å². The molecule has 0 aromatic carbocycles. The van der Waals surface area contributed by atoms with Crippen LogP contribution in [-0.4, -0.2) is 60.8 Å². The number of hydrogen-bond acceptors (Lipinski definition) is 4. The molecule has 2 aliphatic heterocycles. The molecule has 2 heterocycles. The number of rotatable bonds is 7. The molecule has 2 saturated heterocycles. The zero-order valence-electron chi connectivity index (χ0n) is 12.2. The Kier molecular flexibility index (Phi) is 4.99. The predicted molar refractivity (Wildman–Crippen MR) is 73.3 cm³/mol. The lowest BCUT2D eigenvalue weighted by Gasteiger charge is -2.30. The highest BCUT2D eigenvalue weighted by Crippen LogP contribution is 2.44. The number of carboxylic acid groups (broad SMARTS) is 1. The normalized spacial score (nSPS) is 31.5. The lowest BCUT2D eigenvalue weighted by atomic mass is 9.78. The van der Waals surface area contributed by atoms with Crippen molar-refractivity contribution in [2.75, 3.05) is 26.7 Å². The van der Waals surface area contributed by atoms with Crippen molar-refractivity contribution in [1.82, 2.24) is 10.2 Å². The van der Waals surface area contributed by atoms with Crippen molar-refractivity contribution in [1.29, 1.82) is 0 Å². The van der Waals surface area contributed by atoms with Crippen molar-refractivity contribution in [3.8, 4) is 0 Å². The van der Waals surface area contributed by atoms with Crippen LogP contribution < -0.4 is 5.32 Å². The Hall–Kier alpha value is -1.14. The first kappa shape index (κ1) is 15.3. The summed E-state index contributed by atoms with van der Waals surface area (Å²) in [5, 5.41) is 12.4. The lowest BCUT2D eigenvalue weighted by molar-refractivity contribution is -0.150. The largest absolute Gasteiger partial charge is 0.481 e. The van der Waals surface area contributed by atoms with Gasteiger partial charge in [-0.1, -0.05) is 6.92 Å². The molecule has 6 heteroatoms. The molecule has 20 heavy (non-hydrogen) atoms. The minimum Gasteiger partial charge on any atom is -0.481 e. The highest BCUT2D eigenvalue weighted by atomic mass is 16.5. The van der Waals surface area contributed by atoms with Gasteiger partial charge in [0.25, 0.3) is 0 Å². The summed E-state index contributed by atoms with van der Waals surface area (Å²) in [4.78, 5) is 25.9. The maximum Gasteiger partial charge on any atom is 0.310 e. The Bertz CT molecular complexity index is 374. The summed E-state index contributed by atoms with van der Waals surface area (Å²) in [7, 11) is 1.84. The zero-order valence-corrected chi connectivity index (χ0v) is 12.2. The van der Waals surface area contributed by atoms with Gasteiger partial charge in [-0.15, -0.1) is 0 Å². The molecule has 4 atom stereocenters. The molecule has 0 spiro atoms. The second-order valence-electron chi connectivity index (χ2n) is 5.61. The van der Waals surface area contributed by atoms with Crippen LogP contribution in [0, 0.1) is 11.8 Å². The molecule has 0 radical (unpaired) electrons. The number of amides is 1. The van der Waals surface area contributed by atoms with E-state index in [1.807, 2.05) is 14.0 Å². The fraction of sp³-hybridized carbons (Fsp3) is 0.857. The minimum atomic E-state index is -0.902. The van der Waals surface area contributed by atoms with E-state index >= 15 is 0 Å². The molecule has 114 valence electrons. The van der Waals surface area contributed by atoms with Crippen molar-refractivity contribution in [3.63, 3.8) is 0 Å². The third kappa shape index (κ3) is 2.81. The first-order chi connectivity index (χ1) is 9.60. The summed E-state index contributed by atoms with van der Waals surface area (Å²) in [6.07, 6.45) is 1.95. The number of nitrogens with one attached hydrogen (secondary N) is 1. The standard InChI is InChI=1S/C14H24N2O4/c1-3-7-16(8-6-15-2)13(17)11-9-4-5-10(20-9)12(11)14(18)19/h9-12,15H,3-8H2,1-2H3,(H,18,19)/t9-,10+,11?,12?/m0/s1. The summed E-state index contributed by atoms with van der Waals surface area (Å²) in [5.74, 6) is -2.13. The van der Waals surface area contributed by atoms with Crippen LogP contribution in [0.25, 0.3) is 0 Å². The van der Waals surface area contributed by atoms with Gasteiger partial charge in [-0.2, -0.15) is 0 Å². The molecule has 2 aliphatic rings. The van der Waals surface area contributed by atoms with Crippen molar-refractivity contribution in [3.05, 3.63) is 0 Å². The topological polar surface area (TPSA) is 78.9 Å². The van der Waals surface area contributed by atoms with Gasteiger partial charge >= 0.3 is 5.97 Å². The first-order valence-electron chi connectivity index (χ1n) is 7.41. The number of aliphatic carboxylic acids is 1. The summed E-state index contributed by atoms with van der Waals surface area (Å²) >= 11 is 0. The SMILES string of the molecule is CCCN(CCNC)C(=O)C1C(C(=O)O)[C@H]2CC[C@@H]1O2. The minimum absolute atomic E-state index is 0.0540. The number of likely N-dealkylation sites (N-methyl/N-ethyl adjacent to an activating group) is 1. The zero-order chi connectivity index (χ0) is 14.7. The van der Waals surface area contributed by atoms with Gasteiger partial charge in [0, 0.05) is 19.6 Å². The number of nitrogens with zero attached hydrogens (tertiary/aromatic N) is 1. The van der Waals surface area contributed by atoms with E-state index in [2.05, 4.69) is 5.32 Å². The first-order valence-corrected chi connectivity index (χ1v) is 7.41. The van der Waals surface area contributed by atoms with E-state index in [1.54, 1.807) is 4.90 Å². The molecule has 2 fully saturated rings. The number of fused-ring (bicyclic) bond motifs is 2. The molecular formula is C14H24N2O4. The highest BCUT2D eigenvalue weighted by Gasteiger charge is 2.56. The maximum absolute atomic E-state index is 12.7.